The van der Waals surface area contributed by atoms with E-state index in [-0.39, 0.29) is 5.91 Å². The van der Waals surface area contributed by atoms with E-state index in [0.717, 1.165) is 6.54 Å². The summed E-state index contributed by atoms with van der Waals surface area (Å²) in [6.07, 6.45) is 1.48. The van der Waals surface area contributed by atoms with Crippen LogP contribution in [-0.4, -0.2) is 43.0 Å². The lowest BCUT2D eigenvalue weighted by Gasteiger charge is -2.16. The molecular weight excluding hydrogens is 337 g/mol. The van der Waals surface area contributed by atoms with Crippen LogP contribution in [0.3, 0.4) is 0 Å². The van der Waals surface area contributed by atoms with Gasteiger partial charge in [0.1, 0.15) is 10.8 Å². The predicted molar refractivity (Wildman–Crippen MR) is 91.7 cm³/mol. The zero-order valence-electron chi connectivity index (χ0n) is 12.8. The molecule has 0 aliphatic rings. The van der Waals surface area contributed by atoms with Crippen LogP contribution < -0.4 is 10.1 Å². The molecule has 1 aromatic heterocycles. The highest BCUT2D eigenvalue weighted by molar-refractivity contribution is 6.42. The molecule has 0 aliphatic carbocycles. The van der Waals surface area contributed by atoms with Crippen LogP contribution in [0.1, 0.15) is 10.4 Å². The first kappa shape index (κ1) is 17.5. The topological polar surface area (TPSA) is 54.5 Å². The molecule has 7 heteroatoms. The van der Waals surface area contributed by atoms with Crippen molar-refractivity contribution in [3.05, 3.63) is 52.1 Å². The summed E-state index contributed by atoms with van der Waals surface area (Å²) in [7, 11) is 3.59. The summed E-state index contributed by atoms with van der Waals surface area (Å²) in [6.45, 7) is 1.34. The Morgan fingerprint density at radius 2 is 2.09 bits per heavy atom. The monoisotopic (exact) mass is 353 g/mol. The average Bonchev–Trinajstić information content (AvgIpc) is 2.57. The molecule has 0 unspecified atom stereocenters. The van der Waals surface area contributed by atoms with Gasteiger partial charge in [0.25, 0.3) is 5.91 Å². The molecule has 0 saturated carbocycles. The number of amides is 1. The second-order valence-electron chi connectivity index (χ2n) is 4.87. The molecule has 1 aromatic carbocycles. The summed E-state index contributed by atoms with van der Waals surface area (Å²) in [5.41, 5.74) is 0.494. The Bertz CT molecular complexity index is 678. The zero-order chi connectivity index (χ0) is 16.8. The summed E-state index contributed by atoms with van der Waals surface area (Å²) in [6, 6.07) is 8.39. The van der Waals surface area contributed by atoms with Crippen LogP contribution in [0.15, 0.2) is 36.5 Å². The van der Waals surface area contributed by atoms with E-state index in [1.54, 1.807) is 42.3 Å². The van der Waals surface area contributed by atoms with Gasteiger partial charge in [-0.05, 0) is 25.2 Å². The van der Waals surface area contributed by atoms with Crippen LogP contribution in [0.2, 0.25) is 10.0 Å². The molecule has 0 aliphatic heterocycles. The molecule has 0 radical (unpaired) electrons. The maximum absolute atomic E-state index is 12.2. The lowest BCUT2D eigenvalue weighted by molar-refractivity contribution is 0.0796. The Hall–Kier alpha value is -1.82. The molecule has 1 heterocycles. The Morgan fingerprint density at radius 1 is 1.30 bits per heavy atom. The van der Waals surface area contributed by atoms with E-state index in [1.807, 2.05) is 7.05 Å². The molecule has 2 rings (SSSR count). The van der Waals surface area contributed by atoms with Crippen molar-refractivity contribution >= 4 is 29.1 Å². The van der Waals surface area contributed by atoms with Crippen molar-refractivity contribution in [2.24, 2.45) is 0 Å². The lowest BCUT2D eigenvalue weighted by Crippen LogP contribution is -2.32. The van der Waals surface area contributed by atoms with Crippen molar-refractivity contribution < 1.29 is 9.53 Å². The summed E-state index contributed by atoms with van der Waals surface area (Å²) in [4.78, 5) is 18.0. The predicted octanol–water partition coefficient (Wildman–Crippen LogP) is 3.47. The van der Waals surface area contributed by atoms with Crippen LogP contribution in [0.5, 0.6) is 11.6 Å². The van der Waals surface area contributed by atoms with Gasteiger partial charge in [0.2, 0.25) is 5.88 Å². The number of ether oxygens (including phenoxy) is 1. The van der Waals surface area contributed by atoms with E-state index in [0.29, 0.717) is 33.8 Å². The number of carbonyl (C=O) groups excluding carboxylic acids is 1. The number of hydrogen-bond acceptors (Lipinski definition) is 4. The summed E-state index contributed by atoms with van der Waals surface area (Å²) >= 11 is 12.0. The Balaban J connectivity index is 2.07. The van der Waals surface area contributed by atoms with E-state index in [2.05, 4.69) is 10.3 Å². The standard InChI is InChI=1S/C16H17Cl2N3O2/c1-19-8-9-21(2)16(22)11-6-7-14(20-10-11)23-13-5-3-4-12(17)15(13)18/h3-7,10,19H,8-9H2,1-2H3. The molecule has 122 valence electrons. The lowest BCUT2D eigenvalue weighted by atomic mass is 10.2. The number of aromatic nitrogens is 1. The van der Waals surface area contributed by atoms with E-state index < -0.39 is 0 Å². The van der Waals surface area contributed by atoms with Crippen molar-refractivity contribution in [3.63, 3.8) is 0 Å². The fourth-order valence-corrected chi connectivity index (χ4v) is 2.17. The largest absolute Gasteiger partial charge is 0.437 e. The Morgan fingerprint density at radius 3 is 2.74 bits per heavy atom. The van der Waals surface area contributed by atoms with Crippen molar-refractivity contribution in [1.29, 1.82) is 0 Å². The van der Waals surface area contributed by atoms with Crippen LogP contribution >= 0.6 is 23.2 Å². The van der Waals surface area contributed by atoms with E-state index >= 15 is 0 Å². The molecule has 1 amide bonds. The number of nitrogens with one attached hydrogen (secondary N) is 1. The zero-order valence-corrected chi connectivity index (χ0v) is 14.4. The number of halogens is 2. The molecule has 0 bridgehead atoms. The van der Waals surface area contributed by atoms with E-state index in [1.165, 1.54) is 6.20 Å². The Kier molecular flexibility index (Phi) is 6.21. The van der Waals surface area contributed by atoms with Crippen molar-refractivity contribution in [3.8, 4) is 11.6 Å². The van der Waals surface area contributed by atoms with Gasteiger partial charge in [-0.2, -0.15) is 0 Å². The van der Waals surface area contributed by atoms with Gasteiger partial charge in [0.15, 0.2) is 0 Å². The first-order valence-corrected chi connectivity index (χ1v) is 7.76. The van der Waals surface area contributed by atoms with Crippen molar-refractivity contribution in [2.45, 2.75) is 0 Å². The van der Waals surface area contributed by atoms with Gasteiger partial charge in [-0.25, -0.2) is 4.98 Å². The third kappa shape index (κ3) is 4.58. The molecule has 1 N–H and O–H groups in total. The summed E-state index contributed by atoms with van der Waals surface area (Å²) in [5.74, 6) is 0.653. The SMILES string of the molecule is CNCCN(C)C(=O)c1ccc(Oc2cccc(Cl)c2Cl)nc1. The van der Waals surface area contributed by atoms with E-state index in [9.17, 15) is 4.79 Å². The molecule has 5 nitrogen and oxygen atoms in total. The van der Waals surface area contributed by atoms with E-state index in [4.69, 9.17) is 27.9 Å². The number of nitrogens with zero attached hydrogens (tertiary/aromatic N) is 2. The average molecular weight is 354 g/mol. The molecule has 0 saturated heterocycles. The molecule has 0 spiro atoms. The third-order valence-corrected chi connectivity index (χ3v) is 3.96. The third-order valence-electron chi connectivity index (χ3n) is 3.16. The van der Waals surface area contributed by atoms with Crippen molar-refractivity contribution in [2.75, 3.05) is 27.2 Å². The first-order chi connectivity index (χ1) is 11.0. The molecule has 2 aromatic rings. The second kappa shape index (κ2) is 8.15. The van der Waals surface area contributed by atoms with Gasteiger partial charge >= 0.3 is 0 Å². The van der Waals surface area contributed by atoms with Gasteiger partial charge in [0, 0.05) is 32.4 Å². The minimum absolute atomic E-state index is 0.0971. The minimum Gasteiger partial charge on any atom is -0.437 e. The fourth-order valence-electron chi connectivity index (χ4n) is 1.84. The number of hydrogen-bond donors (Lipinski definition) is 1. The highest BCUT2D eigenvalue weighted by Gasteiger charge is 2.12. The highest BCUT2D eigenvalue weighted by atomic mass is 35.5. The summed E-state index contributed by atoms with van der Waals surface area (Å²) < 4.78 is 5.59. The first-order valence-electron chi connectivity index (χ1n) is 7.01. The van der Waals surface area contributed by atoms with Crippen LogP contribution in [0.25, 0.3) is 0 Å². The van der Waals surface area contributed by atoms with Crippen LogP contribution in [0, 0.1) is 0 Å². The number of likely N-dealkylation sites (N-methyl/N-ethyl adjacent to an activating group) is 2. The van der Waals surface area contributed by atoms with Gasteiger partial charge < -0.3 is 15.0 Å². The number of benzene rings is 1. The molecular formula is C16H17Cl2N3O2. The fraction of sp³-hybridized carbons (Fsp3) is 0.250. The normalized spacial score (nSPS) is 10.4. The second-order valence-corrected chi connectivity index (χ2v) is 5.65. The van der Waals surface area contributed by atoms with Crippen molar-refractivity contribution in [1.82, 2.24) is 15.2 Å². The van der Waals surface area contributed by atoms with Crippen LogP contribution in [0.4, 0.5) is 0 Å². The summed E-state index contributed by atoms with van der Waals surface area (Å²) in [5, 5.41) is 3.73. The highest BCUT2D eigenvalue weighted by Crippen LogP contribution is 2.33. The smallest absolute Gasteiger partial charge is 0.255 e. The maximum Gasteiger partial charge on any atom is 0.255 e. The molecule has 0 fully saturated rings. The minimum atomic E-state index is -0.0971. The number of pyridine rings is 1. The Labute approximate surface area is 145 Å². The van der Waals surface area contributed by atoms with Gasteiger partial charge in [0.05, 0.1) is 10.6 Å². The van der Waals surface area contributed by atoms with Gasteiger partial charge in [-0.3, -0.25) is 4.79 Å². The van der Waals surface area contributed by atoms with Crippen LogP contribution in [-0.2, 0) is 0 Å². The maximum atomic E-state index is 12.2. The van der Waals surface area contributed by atoms with Gasteiger partial charge in [-0.15, -0.1) is 0 Å². The number of rotatable bonds is 6. The molecule has 23 heavy (non-hydrogen) atoms. The number of carbonyl (C=O) groups is 1. The van der Waals surface area contributed by atoms with Gasteiger partial charge in [-0.1, -0.05) is 29.3 Å². The quantitative estimate of drug-likeness (QED) is 0.863. The molecule has 0 atom stereocenters.